The van der Waals surface area contributed by atoms with E-state index in [1.54, 1.807) is 0 Å². The Kier molecular flexibility index (Phi) is 4.93. The SMILES string of the molecule is CC(=O)O[C@@H]1C(C)=C[C@H]2[C@@H](C(=O)CBr)CC[C@H](C)[C@@]23OC(C)(C)O[C@@H]13. The summed E-state index contributed by atoms with van der Waals surface area (Å²) in [6, 6.07) is 0. The van der Waals surface area contributed by atoms with E-state index >= 15 is 0 Å². The van der Waals surface area contributed by atoms with E-state index in [2.05, 4.69) is 28.9 Å². The van der Waals surface area contributed by atoms with E-state index in [1.165, 1.54) is 6.92 Å². The van der Waals surface area contributed by atoms with Crippen LogP contribution in [0.2, 0.25) is 0 Å². The summed E-state index contributed by atoms with van der Waals surface area (Å²) in [6.45, 7) is 9.29. The second-order valence-electron chi connectivity index (χ2n) is 8.05. The van der Waals surface area contributed by atoms with Crippen molar-refractivity contribution >= 4 is 27.7 Å². The molecule has 0 amide bonds. The first-order valence-electron chi connectivity index (χ1n) is 8.94. The minimum absolute atomic E-state index is 0.0696. The lowest BCUT2D eigenvalue weighted by molar-refractivity contribution is -0.196. The van der Waals surface area contributed by atoms with Gasteiger partial charge in [-0.2, -0.15) is 0 Å². The van der Waals surface area contributed by atoms with Gasteiger partial charge >= 0.3 is 5.97 Å². The number of halogens is 1. The number of rotatable bonds is 3. The average Bonchev–Trinajstić information content (AvgIpc) is 2.81. The molecule has 1 saturated carbocycles. The first-order chi connectivity index (χ1) is 11.6. The molecule has 0 bridgehead atoms. The molecule has 0 aromatic rings. The molecule has 6 heteroatoms. The smallest absolute Gasteiger partial charge is 0.303 e. The lowest BCUT2D eigenvalue weighted by Gasteiger charge is -2.53. The standard InChI is InChI=1S/C19H27BrO5/c1-10-8-14-13(15(22)9-20)7-6-11(2)19(14)17(16(10)23-12(3)21)24-18(4,5)25-19/h8,11,13-14,16-17H,6-7,9H2,1-5H3/t11-,13-,14-,16+,17-,19+/m0/s1. The number of ether oxygens (including phenoxy) is 3. The first-order valence-corrected chi connectivity index (χ1v) is 10.1. The van der Waals surface area contributed by atoms with Crippen LogP contribution >= 0.6 is 15.9 Å². The molecule has 2 fully saturated rings. The van der Waals surface area contributed by atoms with Crippen LogP contribution in [-0.2, 0) is 23.8 Å². The lowest BCUT2D eigenvalue weighted by atomic mass is 9.57. The molecular formula is C19H27BrO5. The fourth-order valence-corrected chi connectivity index (χ4v) is 5.39. The maximum Gasteiger partial charge on any atom is 0.303 e. The summed E-state index contributed by atoms with van der Waals surface area (Å²) in [4.78, 5) is 24.2. The highest BCUT2D eigenvalue weighted by atomic mass is 79.9. The molecule has 3 aliphatic rings. The summed E-state index contributed by atoms with van der Waals surface area (Å²) < 4.78 is 18.4. The van der Waals surface area contributed by atoms with Gasteiger partial charge in [-0.25, -0.2) is 0 Å². The van der Waals surface area contributed by atoms with Gasteiger partial charge in [0.1, 0.15) is 17.5 Å². The normalized spacial score (nSPS) is 42.2. The van der Waals surface area contributed by atoms with Gasteiger partial charge in [-0.15, -0.1) is 0 Å². The van der Waals surface area contributed by atoms with E-state index in [0.29, 0.717) is 5.33 Å². The van der Waals surface area contributed by atoms with Gasteiger partial charge in [0.25, 0.3) is 0 Å². The molecular weight excluding hydrogens is 388 g/mol. The van der Waals surface area contributed by atoms with E-state index in [1.807, 2.05) is 20.8 Å². The molecule has 0 aromatic heterocycles. The van der Waals surface area contributed by atoms with Crippen LogP contribution in [0, 0.1) is 17.8 Å². The van der Waals surface area contributed by atoms with Crippen LogP contribution in [-0.4, -0.2) is 40.7 Å². The van der Waals surface area contributed by atoms with E-state index < -0.39 is 23.6 Å². The Morgan fingerprint density at radius 2 is 2.04 bits per heavy atom. The molecule has 6 atom stereocenters. The van der Waals surface area contributed by atoms with Crippen molar-refractivity contribution in [3.63, 3.8) is 0 Å². The summed E-state index contributed by atoms with van der Waals surface area (Å²) in [5.41, 5.74) is 0.285. The van der Waals surface area contributed by atoms with E-state index in [0.717, 1.165) is 18.4 Å². The first kappa shape index (κ1) is 19.1. The van der Waals surface area contributed by atoms with Crippen molar-refractivity contribution in [1.29, 1.82) is 0 Å². The third kappa shape index (κ3) is 3.00. The van der Waals surface area contributed by atoms with Gasteiger partial charge in [-0.3, -0.25) is 9.59 Å². The fraction of sp³-hybridized carbons (Fsp3) is 0.789. The largest absolute Gasteiger partial charge is 0.455 e. The number of Topliss-reactive ketones (excluding diaryl/α,β-unsaturated/α-hetero) is 1. The Labute approximate surface area is 157 Å². The summed E-state index contributed by atoms with van der Waals surface area (Å²) in [5.74, 6) is -0.905. The number of alkyl halides is 1. The predicted molar refractivity (Wildman–Crippen MR) is 96.3 cm³/mol. The minimum Gasteiger partial charge on any atom is -0.455 e. The monoisotopic (exact) mass is 414 g/mol. The minimum atomic E-state index is -0.784. The molecule has 0 unspecified atom stereocenters. The van der Waals surface area contributed by atoms with E-state index in [-0.39, 0.29) is 29.5 Å². The Balaban J connectivity index is 2.12. The van der Waals surface area contributed by atoms with Crippen molar-refractivity contribution in [2.75, 3.05) is 5.33 Å². The van der Waals surface area contributed by atoms with Gasteiger partial charge in [0.2, 0.25) is 0 Å². The second-order valence-corrected chi connectivity index (χ2v) is 8.61. The van der Waals surface area contributed by atoms with E-state index in [9.17, 15) is 9.59 Å². The molecule has 5 nitrogen and oxygen atoms in total. The molecule has 1 saturated heterocycles. The predicted octanol–water partition coefficient (Wildman–Crippen LogP) is 3.39. The molecule has 1 heterocycles. The zero-order valence-electron chi connectivity index (χ0n) is 15.5. The van der Waals surface area contributed by atoms with Gasteiger partial charge in [0.15, 0.2) is 11.9 Å². The van der Waals surface area contributed by atoms with Crippen LogP contribution in [0.4, 0.5) is 0 Å². The van der Waals surface area contributed by atoms with Gasteiger partial charge in [-0.1, -0.05) is 28.9 Å². The number of hydrogen-bond acceptors (Lipinski definition) is 5. The fourth-order valence-electron chi connectivity index (χ4n) is 4.98. The molecule has 25 heavy (non-hydrogen) atoms. The third-order valence-corrected chi connectivity index (χ3v) is 6.47. The number of ketones is 1. The van der Waals surface area contributed by atoms with Crippen molar-refractivity contribution < 1.29 is 23.8 Å². The quantitative estimate of drug-likeness (QED) is 0.402. The molecule has 3 rings (SSSR count). The zero-order valence-corrected chi connectivity index (χ0v) is 17.1. The number of hydrogen-bond donors (Lipinski definition) is 0. The average molecular weight is 415 g/mol. The van der Waals surface area contributed by atoms with Crippen molar-refractivity contribution in [3.05, 3.63) is 11.6 Å². The highest BCUT2D eigenvalue weighted by molar-refractivity contribution is 9.09. The van der Waals surface area contributed by atoms with Gasteiger partial charge < -0.3 is 14.2 Å². The summed E-state index contributed by atoms with van der Waals surface area (Å²) in [7, 11) is 0. The molecule has 140 valence electrons. The number of esters is 1. The maximum absolute atomic E-state index is 12.6. The topological polar surface area (TPSA) is 61.8 Å². The van der Waals surface area contributed by atoms with Crippen LogP contribution in [0.1, 0.15) is 47.5 Å². The van der Waals surface area contributed by atoms with Crippen LogP contribution in [0.3, 0.4) is 0 Å². The van der Waals surface area contributed by atoms with Gasteiger partial charge in [-0.05, 0) is 45.1 Å². The molecule has 2 aliphatic carbocycles. The Morgan fingerprint density at radius 1 is 1.36 bits per heavy atom. The second kappa shape index (κ2) is 6.46. The summed E-state index contributed by atoms with van der Waals surface area (Å²) >= 11 is 3.32. The molecule has 1 spiro atoms. The molecule has 0 radical (unpaired) electrons. The number of carbonyl (C=O) groups excluding carboxylic acids is 2. The zero-order chi connectivity index (χ0) is 18.6. The van der Waals surface area contributed by atoms with Crippen molar-refractivity contribution in [3.8, 4) is 0 Å². The van der Waals surface area contributed by atoms with Crippen LogP contribution in [0.5, 0.6) is 0 Å². The maximum atomic E-state index is 12.6. The molecule has 0 aromatic carbocycles. The Bertz CT molecular complexity index is 613. The van der Waals surface area contributed by atoms with Gasteiger partial charge in [0.05, 0.1) is 5.33 Å². The van der Waals surface area contributed by atoms with Crippen molar-refractivity contribution in [1.82, 2.24) is 0 Å². The van der Waals surface area contributed by atoms with Crippen molar-refractivity contribution in [2.24, 2.45) is 17.8 Å². The van der Waals surface area contributed by atoms with Crippen LogP contribution in [0.25, 0.3) is 0 Å². The molecule has 0 N–H and O–H groups in total. The highest BCUT2D eigenvalue weighted by Crippen LogP contribution is 2.58. The van der Waals surface area contributed by atoms with Crippen LogP contribution in [0.15, 0.2) is 11.6 Å². The van der Waals surface area contributed by atoms with E-state index in [4.69, 9.17) is 14.2 Å². The van der Waals surface area contributed by atoms with Crippen LogP contribution < -0.4 is 0 Å². The Hall–Kier alpha value is -0.720. The third-order valence-electron chi connectivity index (χ3n) is 5.92. The van der Waals surface area contributed by atoms with Gasteiger partial charge in [0, 0.05) is 18.8 Å². The summed E-state index contributed by atoms with van der Waals surface area (Å²) in [6.07, 6.45) is 2.94. The highest BCUT2D eigenvalue weighted by Gasteiger charge is 2.67. The van der Waals surface area contributed by atoms with Crippen molar-refractivity contribution in [2.45, 2.75) is 71.1 Å². The summed E-state index contributed by atoms with van der Waals surface area (Å²) in [5, 5.41) is 0.341. The molecule has 1 aliphatic heterocycles. The lowest BCUT2D eigenvalue weighted by Crippen LogP contribution is -2.63. The Morgan fingerprint density at radius 3 is 2.64 bits per heavy atom. The number of carbonyl (C=O) groups is 2.